The van der Waals surface area contributed by atoms with Gasteiger partial charge in [-0.25, -0.2) is 4.98 Å². The summed E-state index contributed by atoms with van der Waals surface area (Å²) in [5.74, 6) is -1.22. The van der Waals surface area contributed by atoms with Crippen molar-refractivity contribution in [3.8, 4) is 5.69 Å². The number of carbonyl (C=O) groups excluding carboxylic acids is 1. The van der Waals surface area contributed by atoms with Crippen LogP contribution < -0.4 is 10.9 Å². The average molecular weight is 483 g/mol. The normalized spacial score (nSPS) is 12.0. The maximum Gasteiger partial charge on any atom is 0.418 e. The summed E-state index contributed by atoms with van der Waals surface area (Å²) in [5, 5.41) is -0.684. The van der Waals surface area contributed by atoms with Gasteiger partial charge in [0.25, 0.3) is 5.91 Å². The summed E-state index contributed by atoms with van der Waals surface area (Å²) in [7, 11) is 0. The molecule has 1 amide bonds. The number of para-hydroxylation sites is 1. The first-order chi connectivity index (χ1) is 14.4. The number of halogens is 8. The summed E-state index contributed by atoms with van der Waals surface area (Å²) >= 11 is 11.7. The van der Waals surface area contributed by atoms with E-state index < -0.39 is 40.1 Å². The second kappa shape index (κ2) is 8.31. The van der Waals surface area contributed by atoms with E-state index in [1.54, 1.807) is 0 Å². The molecule has 0 fully saturated rings. The molecule has 164 valence electrons. The Hall–Kier alpha value is -2.92. The second-order valence-corrected chi connectivity index (χ2v) is 6.84. The number of nitrogens with zero attached hydrogens (tertiary/aromatic N) is 2. The molecule has 0 unspecified atom stereocenters. The Labute approximate surface area is 180 Å². The van der Waals surface area contributed by atoms with Gasteiger partial charge in [-0.1, -0.05) is 29.3 Å². The van der Waals surface area contributed by atoms with Gasteiger partial charge in [-0.15, -0.1) is 0 Å². The summed E-state index contributed by atoms with van der Waals surface area (Å²) in [6.45, 7) is 0. The van der Waals surface area contributed by atoms with Crippen LogP contribution >= 0.6 is 23.2 Å². The number of hydrogen-bond donors (Lipinski definition) is 2. The van der Waals surface area contributed by atoms with Crippen molar-refractivity contribution in [1.29, 1.82) is 0 Å². The number of pyridine rings is 1. The topological polar surface area (TPSA) is 59.0 Å². The van der Waals surface area contributed by atoms with Crippen molar-refractivity contribution in [2.24, 2.45) is 0 Å². The van der Waals surface area contributed by atoms with Gasteiger partial charge in [-0.2, -0.15) is 26.3 Å². The SMILES string of the molecule is O=C(NNc1ncc(C(F)(F)F)cc1Cl)c1cccn1-c1c(Cl)cccc1C(F)(F)F. The summed E-state index contributed by atoms with van der Waals surface area (Å²) in [6, 6.07) is 6.32. The van der Waals surface area contributed by atoms with Gasteiger partial charge in [0.1, 0.15) is 5.69 Å². The molecule has 0 aliphatic rings. The van der Waals surface area contributed by atoms with E-state index in [4.69, 9.17) is 23.2 Å². The number of rotatable bonds is 4. The third-order valence-electron chi connectivity index (χ3n) is 3.98. The molecule has 0 atom stereocenters. The maximum atomic E-state index is 13.4. The standard InChI is InChI=1S/C18H10Cl2F6N4O/c19-11-4-1-3-10(18(24,25)26)14(11)30-6-2-5-13(30)16(31)29-28-15-12(20)7-9(8-27-15)17(21,22)23/h1-8H,(H,27,28)(H,29,31). The van der Waals surface area contributed by atoms with Gasteiger partial charge < -0.3 is 4.57 Å². The van der Waals surface area contributed by atoms with Crippen LogP contribution in [0.25, 0.3) is 5.69 Å². The number of amides is 1. The molecule has 0 saturated heterocycles. The van der Waals surface area contributed by atoms with Gasteiger partial charge >= 0.3 is 12.4 Å². The summed E-state index contributed by atoms with van der Waals surface area (Å²) in [5.41, 5.74) is 1.50. The van der Waals surface area contributed by atoms with Gasteiger partial charge in [-0.3, -0.25) is 15.6 Å². The molecule has 0 bridgehead atoms. The lowest BCUT2D eigenvalue weighted by Gasteiger charge is -2.17. The number of hydrazine groups is 1. The van der Waals surface area contributed by atoms with Crippen molar-refractivity contribution in [3.63, 3.8) is 0 Å². The smallest absolute Gasteiger partial charge is 0.310 e. The van der Waals surface area contributed by atoms with Gasteiger partial charge in [0, 0.05) is 12.4 Å². The van der Waals surface area contributed by atoms with Crippen LogP contribution in [0, 0.1) is 0 Å². The Balaban J connectivity index is 1.87. The molecule has 13 heteroatoms. The number of aromatic nitrogens is 2. The molecule has 0 spiro atoms. The molecule has 2 N–H and O–H groups in total. The minimum atomic E-state index is -4.74. The van der Waals surface area contributed by atoms with Crippen molar-refractivity contribution in [2.45, 2.75) is 12.4 Å². The second-order valence-electron chi connectivity index (χ2n) is 6.03. The van der Waals surface area contributed by atoms with Crippen molar-refractivity contribution in [2.75, 3.05) is 5.43 Å². The van der Waals surface area contributed by atoms with Crippen LogP contribution in [-0.4, -0.2) is 15.5 Å². The molecule has 5 nitrogen and oxygen atoms in total. The molecule has 1 aromatic carbocycles. The fraction of sp³-hybridized carbons (Fsp3) is 0.111. The highest BCUT2D eigenvalue weighted by Gasteiger charge is 2.35. The minimum Gasteiger partial charge on any atom is -0.310 e. The quantitative estimate of drug-likeness (QED) is 0.355. The molecule has 0 aliphatic heterocycles. The van der Waals surface area contributed by atoms with Crippen LogP contribution in [0.1, 0.15) is 21.6 Å². The number of benzene rings is 1. The monoisotopic (exact) mass is 482 g/mol. The van der Waals surface area contributed by atoms with Crippen molar-refractivity contribution >= 4 is 34.9 Å². The van der Waals surface area contributed by atoms with Crippen LogP contribution in [-0.2, 0) is 12.4 Å². The number of nitrogens with one attached hydrogen (secondary N) is 2. The van der Waals surface area contributed by atoms with E-state index >= 15 is 0 Å². The number of alkyl halides is 6. The predicted molar refractivity (Wildman–Crippen MR) is 101 cm³/mol. The van der Waals surface area contributed by atoms with E-state index in [2.05, 4.69) is 15.8 Å². The Kier molecular flexibility index (Phi) is 6.10. The van der Waals surface area contributed by atoms with Gasteiger partial charge in [0.2, 0.25) is 0 Å². The van der Waals surface area contributed by atoms with E-state index in [0.29, 0.717) is 12.3 Å². The molecular formula is C18H10Cl2F6N4O. The molecule has 31 heavy (non-hydrogen) atoms. The molecule has 3 rings (SSSR count). The first kappa shape index (κ1) is 22.8. The zero-order valence-corrected chi connectivity index (χ0v) is 16.5. The Bertz CT molecular complexity index is 1130. The zero-order valence-electron chi connectivity index (χ0n) is 14.9. The largest absolute Gasteiger partial charge is 0.418 e. The first-order valence-electron chi connectivity index (χ1n) is 8.22. The molecule has 3 aromatic rings. The lowest BCUT2D eigenvalue weighted by Crippen LogP contribution is -2.31. The van der Waals surface area contributed by atoms with E-state index in [1.165, 1.54) is 24.4 Å². The van der Waals surface area contributed by atoms with Crippen LogP contribution in [0.2, 0.25) is 10.0 Å². The van der Waals surface area contributed by atoms with Crippen molar-refractivity contribution in [1.82, 2.24) is 15.0 Å². The summed E-state index contributed by atoms with van der Waals surface area (Å²) in [6.07, 6.45) is -7.70. The number of anilines is 1. The fourth-order valence-corrected chi connectivity index (χ4v) is 3.09. The molecule has 2 aromatic heterocycles. The molecular weight excluding hydrogens is 473 g/mol. The maximum absolute atomic E-state index is 13.4. The van der Waals surface area contributed by atoms with Crippen LogP contribution in [0.5, 0.6) is 0 Å². The Morgan fingerprint density at radius 3 is 2.29 bits per heavy atom. The highest BCUT2D eigenvalue weighted by atomic mass is 35.5. The lowest BCUT2D eigenvalue weighted by molar-refractivity contribution is -0.138. The third-order valence-corrected chi connectivity index (χ3v) is 4.57. The Morgan fingerprint density at radius 1 is 0.968 bits per heavy atom. The molecule has 0 aliphatic carbocycles. The summed E-state index contributed by atoms with van der Waals surface area (Å²) < 4.78 is 79.1. The van der Waals surface area contributed by atoms with E-state index in [-0.39, 0.29) is 16.5 Å². The van der Waals surface area contributed by atoms with Crippen LogP contribution in [0.3, 0.4) is 0 Å². The first-order valence-corrected chi connectivity index (χ1v) is 8.97. The summed E-state index contributed by atoms with van der Waals surface area (Å²) in [4.78, 5) is 16.0. The average Bonchev–Trinajstić information content (AvgIpc) is 3.14. The van der Waals surface area contributed by atoms with Crippen LogP contribution in [0.4, 0.5) is 32.2 Å². The van der Waals surface area contributed by atoms with E-state index in [1.807, 2.05) is 0 Å². The Morgan fingerprint density at radius 2 is 1.68 bits per heavy atom. The third kappa shape index (κ3) is 4.88. The molecule has 0 saturated carbocycles. The molecule has 2 heterocycles. The van der Waals surface area contributed by atoms with Crippen molar-refractivity contribution < 1.29 is 31.1 Å². The van der Waals surface area contributed by atoms with Gasteiger partial charge in [0.15, 0.2) is 5.82 Å². The van der Waals surface area contributed by atoms with E-state index in [0.717, 1.165) is 16.7 Å². The highest BCUT2D eigenvalue weighted by Crippen LogP contribution is 2.38. The van der Waals surface area contributed by atoms with Crippen LogP contribution in [0.15, 0.2) is 48.8 Å². The fourth-order valence-electron chi connectivity index (χ4n) is 2.61. The number of carbonyl (C=O) groups is 1. The minimum absolute atomic E-state index is 0.242. The van der Waals surface area contributed by atoms with Gasteiger partial charge in [0.05, 0.1) is 26.9 Å². The lowest BCUT2D eigenvalue weighted by atomic mass is 10.1. The number of hydrogen-bond acceptors (Lipinski definition) is 3. The van der Waals surface area contributed by atoms with Crippen molar-refractivity contribution in [3.05, 3.63) is 75.7 Å². The highest BCUT2D eigenvalue weighted by molar-refractivity contribution is 6.33. The predicted octanol–water partition coefficient (Wildman–Crippen LogP) is 5.97. The van der Waals surface area contributed by atoms with Gasteiger partial charge in [-0.05, 0) is 30.3 Å². The molecule has 0 radical (unpaired) electrons. The zero-order chi connectivity index (χ0) is 23.0. The van der Waals surface area contributed by atoms with E-state index in [9.17, 15) is 31.1 Å².